The summed E-state index contributed by atoms with van der Waals surface area (Å²) in [5.41, 5.74) is 4.45. The Balaban J connectivity index is 2.59. The van der Waals surface area contributed by atoms with Gasteiger partial charge in [-0.1, -0.05) is 12.1 Å². The molecule has 1 atom stereocenters. The number of alkyl halides is 2. The SMILES string of the molecule is COC(=O)[C@@H]([NH3+])Cc1ccc(OC(F)F)cc1. The van der Waals surface area contributed by atoms with Gasteiger partial charge in [-0.15, -0.1) is 0 Å². The van der Waals surface area contributed by atoms with Crippen molar-refractivity contribution >= 4 is 5.97 Å². The molecule has 0 fully saturated rings. The number of benzene rings is 1. The molecule has 1 aromatic rings. The number of hydrogen-bond donors (Lipinski definition) is 1. The minimum atomic E-state index is -2.84. The van der Waals surface area contributed by atoms with Crippen molar-refractivity contribution in [1.82, 2.24) is 0 Å². The summed E-state index contributed by atoms with van der Waals surface area (Å²) in [6.45, 7) is -2.84. The van der Waals surface area contributed by atoms with Gasteiger partial charge in [0, 0.05) is 6.42 Å². The molecule has 0 heterocycles. The van der Waals surface area contributed by atoms with E-state index in [1.165, 1.54) is 19.2 Å². The Kier molecular flexibility index (Phi) is 4.84. The van der Waals surface area contributed by atoms with E-state index in [0.29, 0.717) is 6.42 Å². The van der Waals surface area contributed by atoms with Crippen molar-refractivity contribution in [3.63, 3.8) is 0 Å². The van der Waals surface area contributed by atoms with E-state index in [2.05, 4.69) is 15.2 Å². The van der Waals surface area contributed by atoms with Crippen LogP contribution in [0.15, 0.2) is 24.3 Å². The van der Waals surface area contributed by atoms with Crippen LogP contribution in [0, 0.1) is 0 Å². The van der Waals surface area contributed by atoms with Crippen molar-refractivity contribution < 1.29 is 28.8 Å². The van der Waals surface area contributed by atoms with Gasteiger partial charge in [-0.3, -0.25) is 0 Å². The zero-order valence-corrected chi connectivity index (χ0v) is 9.36. The first-order chi connectivity index (χ1) is 8.02. The molecule has 0 saturated carbocycles. The van der Waals surface area contributed by atoms with Gasteiger partial charge < -0.3 is 15.2 Å². The Hall–Kier alpha value is -1.69. The lowest BCUT2D eigenvalue weighted by atomic mass is 10.1. The smallest absolute Gasteiger partial charge is 0.387 e. The number of ether oxygens (including phenoxy) is 2. The Morgan fingerprint density at radius 2 is 1.94 bits per heavy atom. The summed E-state index contributed by atoms with van der Waals surface area (Å²) in [6.07, 6.45) is 0.391. The van der Waals surface area contributed by atoms with E-state index in [9.17, 15) is 13.6 Å². The van der Waals surface area contributed by atoms with E-state index in [1.54, 1.807) is 12.1 Å². The van der Waals surface area contributed by atoms with Gasteiger partial charge in [0.2, 0.25) is 0 Å². The molecule has 0 spiro atoms. The summed E-state index contributed by atoms with van der Waals surface area (Å²) in [4.78, 5) is 11.1. The van der Waals surface area contributed by atoms with Gasteiger partial charge in [-0.2, -0.15) is 8.78 Å². The van der Waals surface area contributed by atoms with Crippen molar-refractivity contribution in [3.05, 3.63) is 29.8 Å². The van der Waals surface area contributed by atoms with E-state index in [1.807, 2.05) is 0 Å². The van der Waals surface area contributed by atoms with Gasteiger partial charge in [-0.25, -0.2) is 4.79 Å². The van der Waals surface area contributed by atoms with Crippen LogP contribution in [-0.2, 0) is 16.0 Å². The molecule has 94 valence electrons. The highest BCUT2D eigenvalue weighted by Gasteiger charge is 2.18. The summed E-state index contributed by atoms with van der Waals surface area (Å²) >= 11 is 0. The molecule has 0 bridgehead atoms. The van der Waals surface area contributed by atoms with Gasteiger partial charge in [0.25, 0.3) is 0 Å². The monoisotopic (exact) mass is 246 g/mol. The van der Waals surface area contributed by atoms with Crippen LogP contribution in [0.3, 0.4) is 0 Å². The van der Waals surface area contributed by atoms with Gasteiger partial charge in [0.05, 0.1) is 7.11 Å². The lowest BCUT2D eigenvalue weighted by Gasteiger charge is -2.08. The molecule has 4 nitrogen and oxygen atoms in total. The maximum Gasteiger partial charge on any atom is 0.387 e. The van der Waals surface area contributed by atoms with Gasteiger partial charge in [0.1, 0.15) is 5.75 Å². The third-order valence-electron chi connectivity index (χ3n) is 2.17. The first kappa shape index (κ1) is 13.4. The van der Waals surface area contributed by atoms with Crippen LogP contribution in [0.5, 0.6) is 5.75 Å². The van der Waals surface area contributed by atoms with E-state index in [0.717, 1.165) is 5.56 Å². The number of quaternary nitrogens is 1. The molecule has 0 aliphatic heterocycles. The predicted molar refractivity (Wildman–Crippen MR) is 55.5 cm³/mol. The highest BCUT2D eigenvalue weighted by molar-refractivity contribution is 5.74. The van der Waals surface area contributed by atoms with Crippen LogP contribution in [0.25, 0.3) is 0 Å². The van der Waals surface area contributed by atoms with E-state index < -0.39 is 18.6 Å². The third kappa shape index (κ3) is 4.36. The average molecular weight is 246 g/mol. The number of hydrogen-bond acceptors (Lipinski definition) is 3. The second kappa shape index (κ2) is 6.15. The maximum atomic E-state index is 11.9. The highest BCUT2D eigenvalue weighted by Crippen LogP contribution is 2.15. The summed E-state index contributed by atoms with van der Waals surface area (Å²) in [6, 6.07) is 5.55. The number of esters is 1. The molecule has 1 rings (SSSR count). The number of methoxy groups -OCH3 is 1. The molecule has 6 heteroatoms. The third-order valence-corrected chi connectivity index (χ3v) is 2.17. The summed E-state index contributed by atoms with van der Waals surface area (Å²) < 4.78 is 32.5. The predicted octanol–water partition coefficient (Wildman–Crippen LogP) is 0.614. The fourth-order valence-electron chi connectivity index (χ4n) is 1.34. The van der Waals surface area contributed by atoms with Gasteiger partial charge in [0.15, 0.2) is 6.04 Å². The Morgan fingerprint density at radius 3 is 2.41 bits per heavy atom. The largest absolute Gasteiger partial charge is 0.465 e. The number of halogens is 2. The van der Waals surface area contributed by atoms with E-state index >= 15 is 0 Å². The number of rotatable bonds is 5. The first-order valence-corrected chi connectivity index (χ1v) is 4.97. The summed E-state index contributed by atoms with van der Waals surface area (Å²) in [5.74, 6) is -0.319. The van der Waals surface area contributed by atoms with Crippen LogP contribution in [-0.4, -0.2) is 25.7 Å². The van der Waals surface area contributed by atoms with Crippen LogP contribution in [0.4, 0.5) is 8.78 Å². The fourth-order valence-corrected chi connectivity index (χ4v) is 1.34. The van der Waals surface area contributed by atoms with E-state index in [4.69, 9.17) is 0 Å². The molecule has 1 aromatic carbocycles. The Morgan fingerprint density at radius 1 is 1.35 bits per heavy atom. The lowest BCUT2D eigenvalue weighted by Crippen LogP contribution is -2.66. The molecule has 0 amide bonds. The second-order valence-corrected chi connectivity index (χ2v) is 3.45. The molecular weight excluding hydrogens is 232 g/mol. The normalized spacial score (nSPS) is 12.3. The zero-order valence-electron chi connectivity index (χ0n) is 9.36. The fraction of sp³-hybridized carbons (Fsp3) is 0.364. The van der Waals surface area contributed by atoms with Crippen molar-refractivity contribution in [3.8, 4) is 5.75 Å². The Bertz CT molecular complexity index is 367. The molecule has 0 aliphatic rings. The van der Waals surface area contributed by atoms with Crippen molar-refractivity contribution in [2.24, 2.45) is 0 Å². The van der Waals surface area contributed by atoms with Crippen LogP contribution < -0.4 is 10.5 Å². The van der Waals surface area contributed by atoms with Gasteiger partial charge in [-0.05, 0) is 17.7 Å². The topological polar surface area (TPSA) is 63.2 Å². The second-order valence-electron chi connectivity index (χ2n) is 3.45. The van der Waals surface area contributed by atoms with Crippen molar-refractivity contribution in [1.29, 1.82) is 0 Å². The quantitative estimate of drug-likeness (QED) is 0.774. The summed E-state index contributed by atoms with van der Waals surface area (Å²) in [5, 5.41) is 0. The van der Waals surface area contributed by atoms with Crippen LogP contribution in [0.1, 0.15) is 5.56 Å². The molecule has 0 aromatic heterocycles. The van der Waals surface area contributed by atoms with Crippen molar-refractivity contribution in [2.75, 3.05) is 7.11 Å². The standard InChI is InChI=1S/C11H13F2NO3/c1-16-10(15)9(14)6-7-2-4-8(5-3-7)17-11(12)13/h2-5,9,11H,6,14H2,1H3/p+1/t9-/m0/s1. The van der Waals surface area contributed by atoms with E-state index in [-0.39, 0.29) is 5.75 Å². The van der Waals surface area contributed by atoms with Crippen LogP contribution in [0.2, 0.25) is 0 Å². The average Bonchev–Trinajstić information content (AvgIpc) is 2.30. The Labute approximate surface area is 97.3 Å². The number of carbonyl (C=O) groups is 1. The molecule has 3 N–H and O–H groups in total. The minimum Gasteiger partial charge on any atom is -0.465 e. The zero-order chi connectivity index (χ0) is 12.8. The first-order valence-electron chi connectivity index (χ1n) is 4.97. The molecule has 0 saturated heterocycles. The molecule has 0 aliphatic carbocycles. The molecule has 0 radical (unpaired) electrons. The molecular formula is C11H14F2NO3+. The molecule has 17 heavy (non-hydrogen) atoms. The lowest BCUT2D eigenvalue weighted by molar-refractivity contribution is -0.407. The highest BCUT2D eigenvalue weighted by atomic mass is 19.3. The number of carbonyl (C=O) groups excluding carboxylic acids is 1. The minimum absolute atomic E-state index is 0.0856. The van der Waals surface area contributed by atoms with Crippen LogP contribution >= 0.6 is 0 Å². The van der Waals surface area contributed by atoms with Gasteiger partial charge >= 0.3 is 12.6 Å². The molecule has 0 unspecified atom stereocenters. The maximum absolute atomic E-state index is 11.9. The summed E-state index contributed by atoms with van der Waals surface area (Å²) in [7, 11) is 1.29. The van der Waals surface area contributed by atoms with Crippen molar-refractivity contribution in [2.45, 2.75) is 19.1 Å².